The quantitative estimate of drug-likeness (QED) is 0.323. The Hall–Kier alpha value is -4.93. The number of benzene rings is 1. The first-order valence-electron chi connectivity index (χ1n) is 13.4. The van der Waals surface area contributed by atoms with Gasteiger partial charge in [-0.05, 0) is 38.7 Å². The van der Waals surface area contributed by atoms with E-state index < -0.39 is 0 Å². The Labute approximate surface area is 229 Å². The van der Waals surface area contributed by atoms with E-state index in [1.54, 1.807) is 6.20 Å². The van der Waals surface area contributed by atoms with Crippen molar-refractivity contribution in [2.45, 2.75) is 50.6 Å². The van der Waals surface area contributed by atoms with Crippen molar-refractivity contribution in [2.24, 2.45) is 0 Å². The van der Waals surface area contributed by atoms with Crippen molar-refractivity contribution in [1.29, 1.82) is 0 Å². The zero-order valence-corrected chi connectivity index (χ0v) is 21.9. The maximum Gasteiger partial charge on any atom is 0.292 e. The van der Waals surface area contributed by atoms with E-state index in [0.717, 1.165) is 35.2 Å². The fourth-order valence-electron chi connectivity index (χ4n) is 6.39. The number of fused-ring (bicyclic) bond motifs is 3. The Morgan fingerprint density at radius 3 is 2.42 bits per heavy atom. The van der Waals surface area contributed by atoms with E-state index in [4.69, 9.17) is 10.7 Å². The summed E-state index contributed by atoms with van der Waals surface area (Å²) in [6, 6.07) is 14.0. The lowest BCUT2D eigenvalue weighted by Crippen LogP contribution is -2.46. The van der Waals surface area contributed by atoms with Crippen LogP contribution in [0, 0.1) is 0 Å². The number of hydrogen-bond acceptors (Lipinski definition) is 8. The van der Waals surface area contributed by atoms with Gasteiger partial charge in [0.1, 0.15) is 12.1 Å². The Kier molecular flexibility index (Phi) is 5.65. The molecule has 2 aliphatic rings. The number of aromatic nitrogens is 7. The molecule has 0 radical (unpaired) electrons. The maximum atomic E-state index is 13.1. The molecule has 0 spiro atoms. The van der Waals surface area contributed by atoms with Crippen LogP contribution in [0.3, 0.4) is 0 Å². The summed E-state index contributed by atoms with van der Waals surface area (Å²) in [6.45, 7) is 1.51. The number of anilines is 1. The number of piperidine rings is 1. The Balaban J connectivity index is 1.26. The lowest BCUT2D eigenvalue weighted by atomic mass is 9.85. The van der Waals surface area contributed by atoms with E-state index in [1.807, 2.05) is 53.6 Å². The number of H-pyrrole nitrogens is 1. The lowest BCUT2D eigenvalue weighted by Gasteiger charge is -2.38. The summed E-state index contributed by atoms with van der Waals surface area (Å²) in [4.78, 5) is 40.5. The molecule has 200 valence electrons. The van der Waals surface area contributed by atoms with E-state index in [9.17, 15) is 9.59 Å². The van der Waals surface area contributed by atoms with Gasteiger partial charge >= 0.3 is 0 Å². The Bertz CT molecular complexity index is 1720. The van der Waals surface area contributed by atoms with Crippen LogP contribution in [0.4, 0.5) is 5.82 Å². The predicted molar refractivity (Wildman–Crippen MR) is 147 cm³/mol. The number of nitrogens with two attached hydrogens (primary N) is 1. The van der Waals surface area contributed by atoms with Gasteiger partial charge in [0.15, 0.2) is 11.4 Å². The fraction of sp³-hybridized carbons (Fsp3) is 0.276. The normalized spacial score (nSPS) is 20.2. The van der Waals surface area contributed by atoms with Crippen molar-refractivity contribution < 1.29 is 9.59 Å². The summed E-state index contributed by atoms with van der Waals surface area (Å²) in [6.07, 6.45) is 8.11. The number of carbonyl (C=O) groups is 2. The molecule has 11 heteroatoms. The number of pyridine rings is 1. The van der Waals surface area contributed by atoms with Crippen LogP contribution in [-0.4, -0.2) is 63.4 Å². The van der Waals surface area contributed by atoms with E-state index in [2.05, 4.69) is 25.3 Å². The number of nitrogens with one attached hydrogen (secondary N) is 1. The summed E-state index contributed by atoms with van der Waals surface area (Å²) < 4.78 is 1.54. The molecule has 1 aromatic carbocycles. The molecule has 4 aromatic heterocycles. The summed E-state index contributed by atoms with van der Waals surface area (Å²) in [5.74, 6) is 0.214. The standard InChI is InChI=1S/C29H27N9O2/c1-16(39)24-25(19-11-20-8-9-21(12-19)37(20)29(40)27-32-15-33-36-27)35-28-22(14-34-38(28)26(24)30)18-7-10-23(31-13-18)17-5-3-2-4-6-17/h2-7,10,13-15,19-21H,8-9,11-12,30H2,1H3,(H,32,33,36)/t19?,20-,21+. The first-order valence-corrected chi connectivity index (χ1v) is 13.4. The number of hydrogen-bond donors (Lipinski definition) is 2. The van der Waals surface area contributed by atoms with Crippen molar-refractivity contribution in [1.82, 2.24) is 39.7 Å². The van der Waals surface area contributed by atoms with Crippen molar-refractivity contribution in [3.63, 3.8) is 0 Å². The Morgan fingerprint density at radius 2 is 1.77 bits per heavy atom. The van der Waals surface area contributed by atoms with Gasteiger partial charge in [-0.2, -0.15) is 9.61 Å². The molecular weight excluding hydrogens is 506 g/mol. The third-order valence-electron chi connectivity index (χ3n) is 8.18. The van der Waals surface area contributed by atoms with Crippen molar-refractivity contribution >= 4 is 23.2 Å². The van der Waals surface area contributed by atoms with Crippen LogP contribution in [0.1, 0.15) is 65.2 Å². The van der Waals surface area contributed by atoms with Gasteiger partial charge in [0.05, 0.1) is 23.1 Å². The minimum absolute atomic E-state index is 0.0243. The zero-order valence-electron chi connectivity index (χ0n) is 21.9. The number of aromatic amines is 1. The van der Waals surface area contributed by atoms with Crippen molar-refractivity contribution in [3.8, 4) is 22.4 Å². The minimum Gasteiger partial charge on any atom is -0.383 e. The second-order valence-corrected chi connectivity index (χ2v) is 10.5. The van der Waals surface area contributed by atoms with E-state index in [-0.39, 0.29) is 41.3 Å². The van der Waals surface area contributed by atoms with Gasteiger partial charge in [-0.1, -0.05) is 36.4 Å². The molecule has 2 saturated heterocycles. The molecule has 5 aromatic rings. The SMILES string of the molecule is CC(=O)c1c(C2C[C@H]3CC[C@@H](C2)N3C(=O)c2nnc[nH]2)nc2c(-c3ccc(-c4ccccc4)nc3)cnn2c1N. The largest absolute Gasteiger partial charge is 0.383 e. The molecule has 1 amide bonds. The van der Waals surface area contributed by atoms with Crippen LogP contribution in [0.5, 0.6) is 0 Å². The molecule has 11 nitrogen and oxygen atoms in total. The van der Waals surface area contributed by atoms with E-state index >= 15 is 0 Å². The number of nitrogens with zero attached hydrogens (tertiary/aromatic N) is 7. The molecule has 2 aliphatic heterocycles. The summed E-state index contributed by atoms with van der Waals surface area (Å²) in [7, 11) is 0. The lowest BCUT2D eigenvalue weighted by molar-refractivity contribution is 0.0556. The number of nitrogen functional groups attached to an aromatic ring is 1. The highest BCUT2D eigenvalue weighted by Crippen LogP contribution is 2.45. The fourth-order valence-corrected chi connectivity index (χ4v) is 6.39. The molecule has 3 atom stereocenters. The van der Waals surface area contributed by atoms with Gasteiger partial charge in [0, 0.05) is 40.9 Å². The highest BCUT2D eigenvalue weighted by molar-refractivity contribution is 6.00. The average Bonchev–Trinajstić information content (AvgIpc) is 3.71. The minimum atomic E-state index is -0.152. The summed E-state index contributed by atoms with van der Waals surface area (Å²) in [5.41, 5.74) is 11.8. The highest BCUT2D eigenvalue weighted by Gasteiger charge is 2.45. The van der Waals surface area contributed by atoms with Crippen LogP contribution in [0.15, 0.2) is 61.2 Å². The van der Waals surface area contributed by atoms with Crippen LogP contribution < -0.4 is 5.73 Å². The topological polar surface area (TPSA) is 148 Å². The van der Waals surface area contributed by atoms with Crippen LogP contribution in [-0.2, 0) is 0 Å². The second-order valence-electron chi connectivity index (χ2n) is 10.5. The van der Waals surface area contributed by atoms with E-state index in [0.29, 0.717) is 29.7 Å². The van der Waals surface area contributed by atoms with Gasteiger partial charge in [-0.3, -0.25) is 14.6 Å². The number of amides is 1. The van der Waals surface area contributed by atoms with Crippen molar-refractivity contribution in [2.75, 3.05) is 5.73 Å². The van der Waals surface area contributed by atoms with Gasteiger partial charge in [-0.25, -0.2) is 4.98 Å². The van der Waals surface area contributed by atoms with Gasteiger partial charge in [-0.15, -0.1) is 10.2 Å². The Morgan fingerprint density at radius 1 is 1.00 bits per heavy atom. The first kappa shape index (κ1) is 24.1. The molecule has 40 heavy (non-hydrogen) atoms. The number of Topliss-reactive ketones (excluding diaryl/α,β-unsaturated/α-hetero) is 1. The van der Waals surface area contributed by atoms with E-state index in [1.165, 1.54) is 17.8 Å². The third kappa shape index (κ3) is 3.84. The molecule has 0 saturated carbocycles. The number of carbonyl (C=O) groups excluding carboxylic acids is 2. The number of ketones is 1. The van der Waals surface area contributed by atoms with Crippen LogP contribution in [0.25, 0.3) is 28.0 Å². The zero-order chi connectivity index (χ0) is 27.4. The highest BCUT2D eigenvalue weighted by atomic mass is 16.2. The predicted octanol–water partition coefficient (Wildman–Crippen LogP) is 3.91. The smallest absolute Gasteiger partial charge is 0.292 e. The van der Waals surface area contributed by atoms with Gasteiger partial charge in [0.2, 0.25) is 5.82 Å². The summed E-state index contributed by atoms with van der Waals surface area (Å²) >= 11 is 0. The maximum absolute atomic E-state index is 13.1. The molecular formula is C29H27N9O2. The molecule has 2 fully saturated rings. The number of rotatable bonds is 5. The average molecular weight is 534 g/mol. The molecule has 1 unspecified atom stereocenters. The van der Waals surface area contributed by atoms with Gasteiger partial charge in [0.25, 0.3) is 5.91 Å². The first-order chi connectivity index (χ1) is 19.5. The molecule has 7 rings (SSSR count). The van der Waals surface area contributed by atoms with Crippen LogP contribution >= 0.6 is 0 Å². The molecule has 2 bridgehead atoms. The van der Waals surface area contributed by atoms with Crippen LogP contribution in [0.2, 0.25) is 0 Å². The third-order valence-corrected chi connectivity index (χ3v) is 8.18. The summed E-state index contributed by atoms with van der Waals surface area (Å²) in [5, 5.41) is 12.2. The monoisotopic (exact) mass is 533 g/mol. The molecule has 3 N–H and O–H groups in total. The molecule has 6 heterocycles. The molecule has 0 aliphatic carbocycles. The van der Waals surface area contributed by atoms with Gasteiger partial charge < -0.3 is 15.6 Å². The van der Waals surface area contributed by atoms with Crippen molar-refractivity contribution in [3.05, 3.63) is 78.3 Å². The second kappa shape index (κ2) is 9.37.